The number of ether oxygens (including phenoxy) is 1. The molecule has 1 heterocycles. The summed E-state index contributed by atoms with van der Waals surface area (Å²) < 4.78 is 18.7. The van der Waals surface area contributed by atoms with Crippen LogP contribution < -0.4 is 10.5 Å². The number of halogens is 1. The van der Waals surface area contributed by atoms with Crippen LogP contribution >= 0.6 is 0 Å². The van der Waals surface area contributed by atoms with Crippen molar-refractivity contribution in [3.05, 3.63) is 30.1 Å². The topological polar surface area (TPSA) is 55.6 Å². The lowest BCUT2D eigenvalue weighted by Crippen LogP contribution is -2.49. The van der Waals surface area contributed by atoms with Gasteiger partial charge in [0.25, 0.3) is 0 Å². The molecule has 0 bridgehead atoms. The Bertz CT molecular complexity index is 494. The smallest absolute Gasteiger partial charge is 0.239 e. The lowest BCUT2D eigenvalue weighted by Gasteiger charge is -2.33. The first kappa shape index (κ1) is 14.3. The fourth-order valence-electron chi connectivity index (χ4n) is 2.77. The highest BCUT2D eigenvalue weighted by Gasteiger charge is 2.36. The molecule has 1 saturated carbocycles. The van der Waals surface area contributed by atoms with E-state index in [1.807, 2.05) is 4.90 Å². The van der Waals surface area contributed by atoms with Crippen LogP contribution in [0.2, 0.25) is 0 Å². The van der Waals surface area contributed by atoms with E-state index >= 15 is 0 Å². The lowest BCUT2D eigenvalue weighted by atomic mass is 10.1. The Morgan fingerprint density at radius 3 is 2.38 bits per heavy atom. The van der Waals surface area contributed by atoms with E-state index in [0.717, 1.165) is 25.7 Å². The summed E-state index contributed by atoms with van der Waals surface area (Å²) in [4.78, 5) is 14.1. The number of nitrogens with two attached hydrogens (primary N) is 1. The number of carbonyl (C=O) groups excluding carboxylic acids is 1. The number of nitrogens with zero attached hydrogens (tertiary/aromatic N) is 1. The van der Waals surface area contributed by atoms with E-state index < -0.39 is 0 Å². The molecule has 1 aliphatic carbocycles. The molecule has 0 aromatic heterocycles. The number of benzene rings is 1. The van der Waals surface area contributed by atoms with Crippen LogP contribution in [0, 0.1) is 11.7 Å². The van der Waals surface area contributed by atoms with Crippen molar-refractivity contribution in [3.8, 4) is 5.75 Å². The van der Waals surface area contributed by atoms with Crippen LogP contribution in [0.4, 0.5) is 4.39 Å². The van der Waals surface area contributed by atoms with Gasteiger partial charge in [-0.15, -0.1) is 0 Å². The molecule has 114 valence electrons. The van der Waals surface area contributed by atoms with Crippen molar-refractivity contribution in [2.24, 2.45) is 11.7 Å². The Morgan fingerprint density at radius 2 is 1.81 bits per heavy atom. The third kappa shape index (κ3) is 3.53. The Hall–Kier alpha value is -1.62. The van der Waals surface area contributed by atoms with Gasteiger partial charge in [-0.05, 0) is 43.0 Å². The highest BCUT2D eigenvalue weighted by Crippen LogP contribution is 2.32. The average molecular weight is 292 g/mol. The van der Waals surface area contributed by atoms with E-state index in [1.165, 1.54) is 12.1 Å². The second-order valence-corrected chi connectivity index (χ2v) is 5.96. The zero-order valence-electron chi connectivity index (χ0n) is 12.0. The Balaban J connectivity index is 1.48. The molecule has 3 rings (SSSR count). The van der Waals surface area contributed by atoms with Gasteiger partial charge in [0.1, 0.15) is 17.7 Å². The molecule has 0 spiro atoms. The van der Waals surface area contributed by atoms with E-state index in [1.54, 1.807) is 12.1 Å². The van der Waals surface area contributed by atoms with Gasteiger partial charge in [0.2, 0.25) is 5.91 Å². The second kappa shape index (κ2) is 6.02. The first-order valence-electron chi connectivity index (χ1n) is 7.60. The molecule has 4 nitrogen and oxygen atoms in total. The van der Waals surface area contributed by atoms with Crippen molar-refractivity contribution in [1.29, 1.82) is 0 Å². The van der Waals surface area contributed by atoms with Crippen molar-refractivity contribution in [2.45, 2.75) is 37.8 Å². The van der Waals surface area contributed by atoms with Crippen molar-refractivity contribution in [1.82, 2.24) is 4.90 Å². The molecule has 2 aliphatic rings. The number of hydrogen-bond acceptors (Lipinski definition) is 3. The minimum Gasteiger partial charge on any atom is -0.490 e. The van der Waals surface area contributed by atoms with Crippen molar-refractivity contribution < 1.29 is 13.9 Å². The maximum Gasteiger partial charge on any atom is 0.239 e. The van der Waals surface area contributed by atoms with E-state index in [0.29, 0.717) is 24.8 Å². The van der Waals surface area contributed by atoms with Crippen LogP contribution in [0.5, 0.6) is 5.75 Å². The van der Waals surface area contributed by atoms with Gasteiger partial charge in [-0.2, -0.15) is 0 Å². The molecule has 1 saturated heterocycles. The second-order valence-electron chi connectivity index (χ2n) is 5.96. The van der Waals surface area contributed by atoms with Crippen molar-refractivity contribution >= 4 is 5.91 Å². The molecule has 1 aliphatic heterocycles. The minimum atomic E-state index is -0.320. The summed E-state index contributed by atoms with van der Waals surface area (Å²) in [5, 5.41) is 0. The van der Waals surface area contributed by atoms with Gasteiger partial charge in [-0.25, -0.2) is 4.39 Å². The zero-order chi connectivity index (χ0) is 14.8. The molecule has 1 unspecified atom stereocenters. The summed E-state index contributed by atoms with van der Waals surface area (Å²) >= 11 is 0. The molecule has 0 radical (unpaired) electrons. The summed E-state index contributed by atoms with van der Waals surface area (Å²) in [6.45, 7) is 1.37. The molecule has 1 atom stereocenters. The van der Waals surface area contributed by atoms with Crippen LogP contribution in [0.25, 0.3) is 0 Å². The lowest BCUT2D eigenvalue weighted by molar-refractivity contribution is -0.134. The summed E-state index contributed by atoms with van der Waals surface area (Å²) in [6, 6.07) is 5.73. The summed E-state index contributed by atoms with van der Waals surface area (Å²) in [5.74, 6) is 0.885. The third-order valence-corrected chi connectivity index (χ3v) is 4.29. The SMILES string of the molecule is NC(C(=O)N1CCC(Oc2ccc(F)cc2)CC1)C1CC1. The summed E-state index contributed by atoms with van der Waals surface area (Å²) in [6.07, 6.45) is 3.83. The first-order valence-corrected chi connectivity index (χ1v) is 7.60. The summed E-state index contributed by atoms with van der Waals surface area (Å²) in [5.41, 5.74) is 5.97. The van der Waals surface area contributed by atoms with Crippen LogP contribution in [0.1, 0.15) is 25.7 Å². The Labute approximate surface area is 124 Å². The Kier molecular flexibility index (Phi) is 4.10. The molecule has 21 heavy (non-hydrogen) atoms. The van der Waals surface area contributed by atoms with Gasteiger partial charge < -0.3 is 15.4 Å². The number of hydrogen-bond donors (Lipinski definition) is 1. The van der Waals surface area contributed by atoms with Gasteiger partial charge in [-0.1, -0.05) is 0 Å². The predicted octanol–water partition coefficient (Wildman–Crippen LogP) is 1.93. The van der Waals surface area contributed by atoms with Gasteiger partial charge in [0, 0.05) is 25.9 Å². The normalized spacial score (nSPS) is 21.1. The van der Waals surface area contributed by atoms with Crippen LogP contribution in [-0.4, -0.2) is 36.0 Å². The molecule has 1 aromatic rings. The van der Waals surface area contributed by atoms with Gasteiger partial charge in [-0.3, -0.25) is 4.79 Å². The molecular formula is C16H21FN2O2. The number of carbonyl (C=O) groups is 1. The number of amides is 1. The zero-order valence-corrected chi connectivity index (χ0v) is 12.0. The van der Waals surface area contributed by atoms with Crippen LogP contribution in [0.15, 0.2) is 24.3 Å². The average Bonchev–Trinajstić information content (AvgIpc) is 3.34. The predicted molar refractivity (Wildman–Crippen MR) is 77.3 cm³/mol. The fraction of sp³-hybridized carbons (Fsp3) is 0.562. The Morgan fingerprint density at radius 1 is 1.19 bits per heavy atom. The molecule has 2 fully saturated rings. The largest absolute Gasteiger partial charge is 0.490 e. The highest BCUT2D eigenvalue weighted by molar-refractivity contribution is 5.82. The molecule has 1 aromatic carbocycles. The number of rotatable bonds is 4. The van der Waals surface area contributed by atoms with Gasteiger partial charge >= 0.3 is 0 Å². The number of piperidine rings is 1. The molecule has 5 heteroatoms. The maximum atomic E-state index is 12.8. The summed E-state index contributed by atoms with van der Waals surface area (Å²) in [7, 11) is 0. The quantitative estimate of drug-likeness (QED) is 0.922. The molecular weight excluding hydrogens is 271 g/mol. The van der Waals surface area contributed by atoms with Crippen molar-refractivity contribution in [2.75, 3.05) is 13.1 Å². The van der Waals surface area contributed by atoms with Crippen LogP contribution in [-0.2, 0) is 4.79 Å². The first-order chi connectivity index (χ1) is 10.1. The van der Waals surface area contributed by atoms with E-state index in [4.69, 9.17) is 10.5 Å². The van der Waals surface area contributed by atoms with E-state index in [-0.39, 0.29) is 23.9 Å². The third-order valence-electron chi connectivity index (χ3n) is 4.29. The monoisotopic (exact) mass is 292 g/mol. The van der Waals surface area contributed by atoms with Crippen LogP contribution in [0.3, 0.4) is 0 Å². The van der Waals surface area contributed by atoms with Gasteiger partial charge in [0.15, 0.2) is 0 Å². The minimum absolute atomic E-state index is 0.0802. The number of likely N-dealkylation sites (tertiary alicyclic amines) is 1. The van der Waals surface area contributed by atoms with E-state index in [9.17, 15) is 9.18 Å². The fourth-order valence-corrected chi connectivity index (χ4v) is 2.77. The maximum absolute atomic E-state index is 12.8. The van der Waals surface area contributed by atoms with Gasteiger partial charge in [0.05, 0.1) is 6.04 Å². The highest BCUT2D eigenvalue weighted by atomic mass is 19.1. The molecule has 1 amide bonds. The standard InChI is InChI=1S/C16H21FN2O2/c17-12-3-5-13(6-4-12)21-14-7-9-19(10-8-14)16(20)15(18)11-1-2-11/h3-6,11,14-15H,1-2,7-10,18H2. The molecule has 2 N–H and O–H groups in total. The van der Waals surface area contributed by atoms with Crippen molar-refractivity contribution in [3.63, 3.8) is 0 Å². The van der Waals surface area contributed by atoms with E-state index in [2.05, 4.69) is 0 Å².